The van der Waals surface area contributed by atoms with E-state index in [4.69, 9.17) is 9.40 Å². The van der Waals surface area contributed by atoms with E-state index in [1.54, 1.807) is 17.8 Å². The molecule has 0 unspecified atom stereocenters. The number of aryl methyl sites for hydroxylation is 1. The van der Waals surface area contributed by atoms with Crippen LogP contribution in [0, 0.1) is 6.92 Å². The van der Waals surface area contributed by atoms with E-state index in [0.29, 0.717) is 18.3 Å². The number of para-hydroxylation sites is 2. The normalized spacial score (nSPS) is 11.2. The van der Waals surface area contributed by atoms with Crippen molar-refractivity contribution < 1.29 is 4.42 Å². The summed E-state index contributed by atoms with van der Waals surface area (Å²) in [5.74, 6) is 1.08. The second-order valence-electron chi connectivity index (χ2n) is 6.44. The van der Waals surface area contributed by atoms with Crippen molar-refractivity contribution in [2.75, 3.05) is 0 Å². The van der Waals surface area contributed by atoms with E-state index in [0.717, 1.165) is 33.5 Å². The van der Waals surface area contributed by atoms with E-state index >= 15 is 0 Å². The van der Waals surface area contributed by atoms with Gasteiger partial charge in [-0.3, -0.25) is 9.67 Å². The van der Waals surface area contributed by atoms with Crippen LogP contribution in [-0.4, -0.2) is 29.9 Å². The summed E-state index contributed by atoms with van der Waals surface area (Å²) in [7, 11) is 0. The fourth-order valence-corrected chi connectivity index (χ4v) is 3.08. The molecule has 0 atom stereocenters. The molecule has 28 heavy (non-hydrogen) atoms. The maximum atomic E-state index is 5.42. The van der Waals surface area contributed by atoms with E-state index in [1.807, 2.05) is 54.7 Å². The fourth-order valence-electron chi connectivity index (χ4n) is 3.08. The number of benzene rings is 2. The van der Waals surface area contributed by atoms with Crippen molar-refractivity contribution in [2.24, 2.45) is 0 Å². The first kappa shape index (κ1) is 16.3. The van der Waals surface area contributed by atoms with Crippen LogP contribution in [0.1, 0.15) is 11.8 Å². The van der Waals surface area contributed by atoms with Gasteiger partial charge in [0.25, 0.3) is 0 Å². The van der Waals surface area contributed by atoms with Gasteiger partial charge in [0.05, 0.1) is 28.6 Å². The van der Waals surface area contributed by atoms with Crippen LogP contribution in [0.4, 0.5) is 0 Å². The van der Waals surface area contributed by atoms with Crippen molar-refractivity contribution in [1.82, 2.24) is 29.9 Å². The van der Waals surface area contributed by atoms with Crippen molar-refractivity contribution in [3.8, 4) is 22.5 Å². The Balaban J connectivity index is 1.45. The molecule has 2 aromatic carbocycles. The Morgan fingerprint density at radius 2 is 1.71 bits per heavy atom. The van der Waals surface area contributed by atoms with Crippen molar-refractivity contribution in [3.05, 3.63) is 78.8 Å². The van der Waals surface area contributed by atoms with Crippen LogP contribution >= 0.6 is 0 Å². The summed E-state index contributed by atoms with van der Waals surface area (Å²) in [4.78, 5) is 9.24. The third kappa shape index (κ3) is 3.14. The van der Waals surface area contributed by atoms with Crippen molar-refractivity contribution in [3.63, 3.8) is 0 Å². The van der Waals surface area contributed by atoms with Crippen LogP contribution in [0.25, 0.3) is 33.5 Å². The average Bonchev–Trinajstić information content (AvgIpc) is 3.37. The van der Waals surface area contributed by atoms with Gasteiger partial charge < -0.3 is 4.42 Å². The molecule has 0 N–H and O–H groups in total. The molecule has 0 bridgehead atoms. The molecule has 0 aliphatic rings. The van der Waals surface area contributed by atoms with Crippen LogP contribution in [0.3, 0.4) is 0 Å². The van der Waals surface area contributed by atoms with E-state index in [-0.39, 0.29) is 0 Å². The molecular formula is C21H16N6O. The largest absolute Gasteiger partial charge is 0.424 e. The van der Waals surface area contributed by atoms with Crippen LogP contribution in [0.2, 0.25) is 0 Å². The average molecular weight is 368 g/mol. The Morgan fingerprint density at radius 1 is 0.893 bits per heavy atom. The summed E-state index contributed by atoms with van der Waals surface area (Å²) in [5, 5.41) is 12.5. The molecule has 0 aliphatic heterocycles. The summed E-state index contributed by atoms with van der Waals surface area (Å²) < 4.78 is 7.20. The number of hydrogen-bond acceptors (Lipinski definition) is 6. The highest BCUT2D eigenvalue weighted by Gasteiger charge is 2.09. The minimum Gasteiger partial charge on any atom is -0.424 e. The van der Waals surface area contributed by atoms with Gasteiger partial charge in [-0.05, 0) is 24.3 Å². The molecule has 3 aromatic heterocycles. The smallest absolute Gasteiger partial charge is 0.237 e. The molecule has 7 heteroatoms. The Bertz CT molecular complexity index is 1270. The zero-order chi connectivity index (χ0) is 18.9. The third-order valence-corrected chi connectivity index (χ3v) is 4.41. The molecular weight excluding hydrogens is 352 g/mol. The highest BCUT2D eigenvalue weighted by molar-refractivity contribution is 5.78. The number of aromatic nitrogens is 6. The molecule has 0 saturated carbocycles. The van der Waals surface area contributed by atoms with Gasteiger partial charge in [0.2, 0.25) is 11.8 Å². The molecule has 0 spiro atoms. The molecule has 5 aromatic rings. The number of rotatable bonds is 4. The van der Waals surface area contributed by atoms with Crippen molar-refractivity contribution in [2.45, 2.75) is 13.5 Å². The summed E-state index contributed by atoms with van der Waals surface area (Å²) >= 11 is 0. The Labute approximate surface area is 160 Å². The van der Waals surface area contributed by atoms with Gasteiger partial charge in [0.15, 0.2) is 0 Å². The molecule has 0 radical (unpaired) electrons. The molecule has 0 aliphatic carbocycles. The van der Waals surface area contributed by atoms with Gasteiger partial charge in [-0.15, -0.1) is 10.2 Å². The van der Waals surface area contributed by atoms with Crippen LogP contribution < -0.4 is 0 Å². The fraction of sp³-hybridized carbons (Fsp3) is 0.0952. The van der Waals surface area contributed by atoms with Gasteiger partial charge in [-0.2, -0.15) is 5.10 Å². The summed E-state index contributed by atoms with van der Waals surface area (Å²) in [6.45, 7) is 2.21. The SMILES string of the molecule is Cc1nnc(Cn2ccc(-c3cccc(-c4cnc5ccccc5n4)c3)n2)o1. The number of hydrogen-bond donors (Lipinski definition) is 0. The Hall–Kier alpha value is -3.87. The molecule has 0 fully saturated rings. The quantitative estimate of drug-likeness (QED) is 0.478. The topological polar surface area (TPSA) is 82.5 Å². The third-order valence-electron chi connectivity index (χ3n) is 4.41. The summed E-state index contributed by atoms with van der Waals surface area (Å²) in [6.07, 6.45) is 3.70. The van der Waals surface area contributed by atoms with Crippen molar-refractivity contribution in [1.29, 1.82) is 0 Å². The second kappa shape index (κ2) is 6.70. The highest BCUT2D eigenvalue weighted by atomic mass is 16.4. The lowest BCUT2D eigenvalue weighted by molar-refractivity contribution is 0.444. The zero-order valence-electron chi connectivity index (χ0n) is 15.1. The van der Waals surface area contributed by atoms with Gasteiger partial charge >= 0.3 is 0 Å². The highest BCUT2D eigenvalue weighted by Crippen LogP contribution is 2.25. The molecule has 0 saturated heterocycles. The van der Waals surface area contributed by atoms with Crippen molar-refractivity contribution >= 4 is 11.0 Å². The maximum absolute atomic E-state index is 5.42. The van der Waals surface area contributed by atoms with Gasteiger partial charge in [0, 0.05) is 24.2 Å². The number of fused-ring (bicyclic) bond motifs is 1. The van der Waals surface area contributed by atoms with Crippen LogP contribution in [-0.2, 0) is 6.54 Å². The van der Waals surface area contributed by atoms with Crippen LogP contribution in [0.5, 0.6) is 0 Å². The van der Waals surface area contributed by atoms with E-state index in [9.17, 15) is 0 Å². The first-order valence-corrected chi connectivity index (χ1v) is 8.90. The maximum Gasteiger partial charge on any atom is 0.237 e. The molecule has 136 valence electrons. The zero-order valence-corrected chi connectivity index (χ0v) is 15.1. The predicted molar refractivity (Wildman–Crippen MR) is 104 cm³/mol. The summed E-state index contributed by atoms with van der Waals surface area (Å²) in [6, 6.07) is 18.0. The van der Waals surface area contributed by atoms with E-state index in [1.165, 1.54) is 0 Å². The Morgan fingerprint density at radius 3 is 2.54 bits per heavy atom. The lowest BCUT2D eigenvalue weighted by Crippen LogP contribution is -2.00. The first-order valence-electron chi connectivity index (χ1n) is 8.90. The second-order valence-corrected chi connectivity index (χ2v) is 6.44. The van der Waals surface area contributed by atoms with Gasteiger partial charge in [-0.25, -0.2) is 4.98 Å². The number of nitrogens with zero attached hydrogens (tertiary/aromatic N) is 6. The Kier molecular flexibility index (Phi) is 3.90. The monoisotopic (exact) mass is 368 g/mol. The minimum atomic E-state index is 0.441. The standard InChI is InChI=1S/C21H16N6O/c1-14-24-25-21(28-14)13-27-10-9-17(26-27)15-5-4-6-16(11-15)20-12-22-18-7-2-3-8-19(18)23-20/h2-12H,13H2,1H3. The molecule has 0 amide bonds. The predicted octanol–water partition coefficient (Wildman–Crippen LogP) is 3.90. The van der Waals surface area contributed by atoms with E-state index < -0.39 is 0 Å². The summed E-state index contributed by atoms with van der Waals surface area (Å²) in [5.41, 5.74) is 5.47. The molecule has 5 rings (SSSR count). The van der Waals surface area contributed by atoms with E-state index in [2.05, 4.69) is 26.3 Å². The molecule has 7 nitrogen and oxygen atoms in total. The lowest BCUT2D eigenvalue weighted by atomic mass is 10.1. The molecule has 3 heterocycles. The van der Waals surface area contributed by atoms with Gasteiger partial charge in [-0.1, -0.05) is 30.3 Å². The first-order chi connectivity index (χ1) is 13.7. The minimum absolute atomic E-state index is 0.441. The van der Waals surface area contributed by atoms with Gasteiger partial charge in [0.1, 0.15) is 6.54 Å². The lowest BCUT2D eigenvalue weighted by Gasteiger charge is -2.05. The van der Waals surface area contributed by atoms with Crippen LogP contribution in [0.15, 0.2) is 71.4 Å².